The predicted octanol–water partition coefficient (Wildman–Crippen LogP) is 4.30. The summed E-state index contributed by atoms with van der Waals surface area (Å²) in [5.41, 5.74) is 8.85. The number of nitrogen functional groups attached to an aromatic ring is 1. The van der Waals surface area contributed by atoms with Gasteiger partial charge in [-0.2, -0.15) is 0 Å². The first-order chi connectivity index (χ1) is 10.6. The zero-order chi connectivity index (χ0) is 15.7. The van der Waals surface area contributed by atoms with Gasteiger partial charge in [-0.15, -0.1) is 0 Å². The highest BCUT2D eigenvalue weighted by molar-refractivity contribution is 5.48. The fourth-order valence-corrected chi connectivity index (χ4v) is 5.12. The van der Waals surface area contributed by atoms with Crippen molar-refractivity contribution in [2.45, 2.75) is 51.9 Å². The van der Waals surface area contributed by atoms with Crippen molar-refractivity contribution in [2.75, 3.05) is 25.4 Å². The number of unbranched alkanes of at least 4 members (excludes halogenated alkanes) is 3. The summed E-state index contributed by atoms with van der Waals surface area (Å²) in [6.07, 6.45) is 5.49. The molecule has 0 amide bonds. The summed E-state index contributed by atoms with van der Waals surface area (Å²) in [7, 11) is 0. The molecule has 0 radical (unpaired) electrons. The third-order valence-corrected chi connectivity index (χ3v) is 6.18. The molecule has 2 nitrogen and oxygen atoms in total. The summed E-state index contributed by atoms with van der Waals surface area (Å²) < 4.78 is 0. The molecule has 2 fully saturated rings. The van der Waals surface area contributed by atoms with Crippen LogP contribution < -0.4 is 5.73 Å². The highest BCUT2D eigenvalue weighted by Crippen LogP contribution is 2.67. The number of anilines is 1. The standard InChI is InChI=1S/C20H32N2/c1-4-5-6-7-11-22-13-18-19(14-22)20(18,15(2)3)16-9-8-10-17(21)12-16/h8-10,12,15,18-19H,4-7,11,13-14,21H2,1-3H3. The van der Waals surface area contributed by atoms with Crippen molar-refractivity contribution >= 4 is 5.69 Å². The average molecular weight is 300 g/mol. The van der Waals surface area contributed by atoms with Crippen LogP contribution in [0.5, 0.6) is 0 Å². The number of piperidine rings is 1. The summed E-state index contributed by atoms with van der Waals surface area (Å²) in [5, 5.41) is 0. The number of fused-ring (bicyclic) bond motifs is 1. The molecule has 2 N–H and O–H groups in total. The first-order valence-corrected chi connectivity index (χ1v) is 9.19. The number of hydrogen-bond donors (Lipinski definition) is 1. The van der Waals surface area contributed by atoms with E-state index in [9.17, 15) is 0 Å². The zero-order valence-corrected chi connectivity index (χ0v) is 14.5. The SMILES string of the molecule is CCCCCCN1CC2C(C1)C2(c1cccc(N)c1)C(C)C. The molecule has 2 atom stereocenters. The molecule has 1 aliphatic heterocycles. The molecule has 0 aromatic heterocycles. The Balaban J connectivity index is 1.64. The van der Waals surface area contributed by atoms with Gasteiger partial charge in [-0.25, -0.2) is 0 Å². The van der Waals surface area contributed by atoms with Crippen molar-refractivity contribution in [3.63, 3.8) is 0 Å². The number of hydrogen-bond acceptors (Lipinski definition) is 2. The van der Waals surface area contributed by atoms with Crippen LogP contribution in [0.25, 0.3) is 0 Å². The molecule has 1 saturated heterocycles. The van der Waals surface area contributed by atoms with E-state index in [-0.39, 0.29) is 0 Å². The van der Waals surface area contributed by atoms with Crippen LogP contribution in [-0.2, 0) is 5.41 Å². The Morgan fingerprint density at radius 2 is 1.91 bits per heavy atom. The van der Waals surface area contributed by atoms with Crippen LogP contribution in [0.1, 0.15) is 52.0 Å². The maximum absolute atomic E-state index is 6.04. The minimum atomic E-state index is 0.398. The second kappa shape index (κ2) is 6.23. The Bertz CT molecular complexity index is 496. The third-order valence-electron chi connectivity index (χ3n) is 6.18. The van der Waals surface area contributed by atoms with Crippen molar-refractivity contribution in [2.24, 2.45) is 17.8 Å². The van der Waals surface area contributed by atoms with Crippen LogP contribution in [0.15, 0.2) is 24.3 Å². The molecule has 1 saturated carbocycles. The fraction of sp³-hybridized carbons (Fsp3) is 0.700. The van der Waals surface area contributed by atoms with Gasteiger partial charge in [-0.05, 0) is 48.4 Å². The van der Waals surface area contributed by atoms with Gasteiger partial charge in [0.15, 0.2) is 0 Å². The number of nitrogens with two attached hydrogens (primary N) is 1. The van der Waals surface area contributed by atoms with Crippen molar-refractivity contribution < 1.29 is 0 Å². The highest BCUT2D eigenvalue weighted by Gasteiger charge is 2.69. The van der Waals surface area contributed by atoms with Crippen molar-refractivity contribution in [1.29, 1.82) is 0 Å². The van der Waals surface area contributed by atoms with Gasteiger partial charge in [0.1, 0.15) is 0 Å². The van der Waals surface area contributed by atoms with E-state index in [1.807, 2.05) is 6.07 Å². The van der Waals surface area contributed by atoms with Gasteiger partial charge in [0, 0.05) is 24.2 Å². The number of nitrogens with zero attached hydrogens (tertiary/aromatic N) is 1. The van der Waals surface area contributed by atoms with Gasteiger partial charge in [0.2, 0.25) is 0 Å². The first kappa shape index (κ1) is 15.9. The number of rotatable bonds is 7. The smallest absolute Gasteiger partial charge is 0.0316 e. The molecular formula is C20H32N2. The van der Waals surface area contributed by atoms with E-state index in [1.165, 1.54) is 50.9 Å². The minimum absolute atomic E-state index is 0.398. The fourth-order valence-electron chi connectivity index (χ4n) is 5.12. The molecule has 3 rings (SSSR count). The molecule has 122 valence electrons. The van der Waals surface area contributed by atoms with E-state index in [1.54, 1.807) is 0 Å². The Hall–Kier alpha value is -1.02. The summed E-state index contributed by atoms with van der Waals surface area (Å²) >= 11 is 0. The second-order valence-corrected chi connectivity index (χ2v) is 7.75. The van der Waals surface area contributed by atoms with E-state index in [4.69, 9.17) is 5.73 Å². The van der Waals surface area contributed by atoms with Gasteiger partial charge in [-0.3, -0.25) is 0 Å². The Kier molecular flexibility index (Phi) is 4.49. The van der Waals surface area contributed by atoms with Gasteiger partial charge >= 0.3 is 0 Å². The first-order valence-electron chi connectivity index (χ1n) is 9.19. The van der Waals surface area contributed by atoms with Crippen molar-refractivity contribution in [3.8, 4) is 0 Å². The van der Waals surface area contributed by atoms with E-state index in [0.717, 1.165) is 17.5 Å². The summed E-state index contributed by atoms with van der Waals surface area (Å²) in [6.45, 7) is 11.0. The highest BCUT2D eigenvalue weighted by atomic mass is 15.2. The second-order valence-electron chi connectivity index (χ2n) is 7.75. The molecule has 1 aromatic rings. The molecule has 1 aliphatic carbocycles. The minimum Gasteiger partial charge on any atom is -0.399 e. The van der Waals surface area contributed by atoms with Gasteiger partial charge < -0.3 is 10.6 Å². The summed E-state index contributed by atoms with van der Waals surface area (Å²) in [4.78, 5) is 2.71. The molecule has 0 bridgehead atoms. The Labute approximate surface area is 136 Å². The lowest BCUT2D eigenvalue weighted by molar-refractivity contribution is 0.243. The quantitative estimate of drug-likeness (QED) is 0.601. The van der Waals surface area contributed by atoms with Crippen LogP contribution in [0.4, 0.5) is 5.69 Å². The lowest BCUT2D eigenvalue weighted by Crippen LogP contribution is -2.33. The Morgan fingerprint density at radius 1 is 1.18 bits per heavy atom. The zero-order valence-electron chi connectivity index (χ0n) is 14.5. The van der Waals surface area contributed by atoms with Crippen LogP contribution in [-0.4, -0.2) is 24.5 Å². The average Bonchev–Trinajstić information content (AvgIpc) is 2.91. The van der Waals surface area contributed by atoms with E-state index in [2.05, 4.69) is 43.9 Å². The topological polar surface area (TPSA) is 29.3 Å². The molecule has 2 unspecified atom stereocenters. The van der Waals surface area contributed by atoms with E-state index in [0.29, 0.717) is 11.3 Å². The van der Waals surface area contributed by atoms with Crippen molar-refractivity contribution in [3.05, 3.63) is 29.8 Å². The largest absolute Gasteiger partial charge is 0.399 e. The van der Waals surface area contributed by atoms with Gasteiger partial charge in [0.05, 0.1) is 0 Å². The lowest BCUT2D eigenvalue weighted by atomic mass is 9.80. The summed E-state index contributed by atoms with van der Waals surface area (Å²) in [6, 6.07) is 8.67. The predicted molar refractivity (Wildman–Crippen MR) is 94.9 cm³/mol. The van der Waals surface area contributed by atoms with Crippen LogP contribution in [0.3, 0.4) is 0 Å². The molecule has 2 aliphatic rings. The molecule has 2 heteroatoms. The number of benzene rings is 1. The monoisotopic (exact) mass is 300 g/mol. The molecule has 1 aromatic carbocycles. The van der Waals surface area contributed by atoms with Crippen LogP contribution in [0.2, 0.25) is 0 Å². The summed E-state index contributed by atoms with van der Waals surface area (Å²) in [5.74, 6) is 2.40. The lowest BCUT2D eigenvalue weighted by Gasteiger charge is -2.30. The van der Waals surface area contributed by atoms with Gasteiger partial charge in [-0.1, -0.05) is 52.2 Å². The normalized spacial score (nSPS) is 30.7. The molecule has 1 heterocycles. The molecule has 0 spiro atoms. The van der Waals surface area contributed by atoms with E-state index < -0.39 is 0 Å². The maximum atomic E-state index is 6.04. The third kappa shape index (κ3) is 2.56. The molecular weight excluding hydrogens is 268 g/mol. The maximum Gasteiger partial charge on any atom is 0.0316 e. The van der Waals surface area contributed by atoms with Crippen LogP contribution >= 0.6 is 0 Å². The van der Waals surface area contributed by atoms with Crippen molar-refractivity contribution in [1.82, 2.24) is 4.90 Å². The molecule has 22 heavy (non-hydrogen) atoms. The van der Waals surface area contributed by atoms with Gasteiger partial charge in [0.25, 0.3) is 0 Å². The van der Waals surface area contributed by atoms with Crippen LogP contribution in [0, 0.1) is 17.8 Å². The Morgan fingerprint density at radius 3 is 2.50 bits per heavy atom. The van der Waals surface area contributed by atoms with E-state index >= 15 is 0 Å². The number of likely N-dealkylation sites (tertiary alicyclic amines) is 1.